The predicted molar refractivity (Wildman–Crippen MR) is 91.7 cm³/mol. The van der Waals surface area contributed by atoms with Gasteiger partial charge in [-0.1, -0.05) is 53.7 Å². The second kappa shape index (κ2) is 6.21. The summed E-state index contributed by atoms with van der Waals surface area (Å²) < 4.78 is 5.54. The molecule has 0 aliphatic carbocycles. The Morgan fingerprint density at radius 1 is 1.00 bits per heavy atom. The molecule has 2 aromatic carbocycles. The second-order valence-corrected chi connectivity index (χ2v) is 6.01. The molecule has 1 fully saturated rings. The minimum Gasteiger partial charge on any atom is -0.359 e. The van der Waals surface area contributed by atoms with E-state index in [-0.39, 0.29) is 6.04 Å². The average molecular weight is 315 g/mol. The topological polar surface area (TPSA) is 53.1 Å². The van der Waals surface area contributed by atoms with Crippen LogP contribution in [0, 0.1) is 11.5 Å². The summed E-state index contributed by atoms with van der Waals surface area (Å²) in [5.74, 6) is 0.772. The Morgan fingerprint density at radius 2 is 1.79 bits per heavy atom. The quantitative estimate of drug-likeness (QED) is 0.661. The maximum Gasteiger partial charge on any atom is 0.180 e. The Balaban J connectivity index is 1.65. The van der Waals surface area contributed by atoms with Crippen LogP contribution in [-0.4, -0.2) is 16.6 Å². The van der Waals surface area contributed by atoms with Crippen LogP contribution in [0.3, 0.4) is 0 Å². The molecule has 4 heteroatoms. The van der Waals surface area contributed by atoms with E-state index in [0.717, 1.165) is 42.0 Å². The first kappa shape index (κ1) is 14.5. The molecule has 1 aliphatic heterocycles. The van der Waals surface area contributed by atoms with Crippen molar-refractivity contribution in [3.05, 3.63) is 66.4 Å². The maximum atomic E-state index is 9.20. The summed E-state index contributed by atoms with van der Waals surface area (Å²) in [4.78, 5) is 1.77. The molecule has 3 aromatic rings. The van der Waals surface area contributed by atoms with Crippen LogP contribution in [0.25, 0.3) is 22.4 Å². The largest absolute Gasteiger partial charge is 0.359 e. The molecule has 4 nitrogen and oxygen atoms in total. The fraction of sp³-hybridized carbons (Fsp3) is 0.200. The number of hydrogen-bond donors (Lipinski definition) is 0. The van der Waals surface area contributed by atoms with E-state index in [4.69, 9.17) is 4.52 Å². The summed E-state index contributed by atoms with van der Waals surface area (Å²) in [6.45, 7) is 0.792. The van der Waals surface area contributed by atoms with Gasteiger partial charge in [-0.15, -0.1) is 0 Å². The van der Waals surface area contributed by atoms with Gasteiger partial charge in [0.15, 0.2) is 12.0 Å². The van der Waals surface area contributed by atoms with Crippen molar-refractivity contribution in [2.45, 2.75) is 18.9 Å². The first-order chi connectivity index (χ1) is 11.8. The van der Waals surface area contributed by atoms with E-state index in [9.17, 15) is 5.26 Å². The Labute approximate surface area is 140 Å². The van der Waals surface area contributed by atoms with E-state index in [1.54, 1.807) is 4.90 Å². The predicted octanol–water partition coefficient (Wildman–Crippen LogP) is 4.63. The molecule has 1 aromatic heterocycles. The summed E-state index contributed by atoms with van der Waals surface area (Å²) in [5.41, 5.74) is 4.16. The number of aromatic nitrogens is 1. The summed E-state index contributed by atoms with van der Waals surface area (Å²) in [6.07, 6.45) is 4.19. The van der Waals surface area contributed by atoms with Crippen molar-refractivity contribution in [1.29, 1.82) is 5.26 Å². The molecule has 0 N–H and O–H groups in total. The minimum absolute atomic E-state index is 0.0218. The van der Waals surface area contributed by atoms with E-state index in [0.29, 0.717) is 0 Å². The monoisotopic (exact) mass is 315 g/mol. The zero-order chi connectivity index (χ0) is 16.4. The van der Waals surface area contributed by atoms with E-state index >= 15 is 0 Å². The number of rotatable bonds is 3. The standard InChI is InChI=1S/C20H17N3O/c21-14-23-11-5-10-19(23)20-13-18(22-24-20)17-9-4-8-16(12-17)15-6-2-1-3-7-15/h1-4,6-9,12-13,19H,5,10-11H2. The summed E-state index contributed by atoms with van der Waals surface area (Å²) in [5, 5.41) is 13.4. The van der Waals surface area contributed by atoms with Gasteiger partial charge in [0.2, 0.25) is 0 Å². The number of hydrogen-bond acceptors (Lipinski definition) is 4. The van der Waals surface area contributed by atoms with Crippen molar-refractivity contribution in [1.82, 2.24) is 10.1 Å². The third-order valence-corrected chi connectivity index (χ3v) is 4.50. The number of likely N-dealkylation sites (tertiary alicyclic amines) is 1. The number of nitriles is 1. The molecule has 0 radical (unpaired) electrons. The molecule has 1 aliphatic rings. The summed E-state index contributed by atoms with van der Waals surface area (Å²) >= 11 is 0. The van der Waals surface area contributed by atoms with E-state index in [2.05, 4.69) is 35.6 Å². The number of nitrogens with zero attached hydrogens (tertiary/aromatic N) is 3. The van der Waals surface area contributed by atoms with Gasteiger partial charge in [-0.05, 0) is 30.0 Å². The molecule has 1 saturated heterocycles. The molecular formula is C20H17N3O. The van der Waals surface area contributed by atoms with Crippen molar-refractivity contribution in [3.63, 3.8) is 0 Å². The maximum absolute atomic E-state index is 9.20. The fourth-order valence-electron chi connectivity index (χ4n) is 3.25. The van der Waals surface area contributed by atoms with Crippen molar-refractivity contribution in [3.8, 4) is 28.6 Å². The molecule has 0 amide bonds. The highest BCUT2D eigenvalue weighted by atomic mass is 16.5. The van der Waals surface area contributed by atoms with Gasteiger partial charge in [0.1, 0.15) is 5.69 Å². The van der Waals surface area contributed by atoms with Gasteiger partial charge in [-0.3, -0.25) is 4.90 Å². The normalized spacial score (nSPS) is 17.0. The molecular weight excluding hydrogens is 298 g/mol. The lowest BCUT2D eigenvalue weighted by atomic mass is 10.0. The number of benzene rings is 2. The van der Waals surface area contributed by atoms with Gasteiger partial charge < -0.3 is 4.52 Å². The van der Waals surface area contributed by atoms with Gasteiger partial charge in [0.05, 0.1) is 6.04 Å². The van der Waals surface area contributed by atoms with Gasteiger partial charge in [0, 0.05) is 18.2 Å². The zero-order valence-electron chi connectivity index (χ0n) is 13.2. The summed E-state index contributed by atoms with van der Waals surface area (Å²) in [7, 11) is 0. The molecule has 0 saturated carbocycles. The van der Waals surface area contributed by atoms with E-state index in [1.165, 1.54) is 5.56 Å². The van der Waals surface area contributed by atoms with Gasteiger partial charge in [-0.25, -0.2) is 0 Å². The lowest BCUT2D eigenvalue weighted by molar-refractivity contribution is 0.282. The van der Waals surface area contributed by atoms with Crippen molar-refractivity contribution >= 4 is 0 Å². The Morgan fingerprint density at radius 3 is 2.62 bits per heavy atom. The molecule has 4 rings (SSSR count). The van der Waals surface area contributed by atoms with Crippen LogP contribution in [-0.2, 0) is 0 Å². The Hall–Kier alpha value is -3.06. The first-order valence-corrected chi connectivity index (χ1v) is 8.14. The van der Waals surface area contributed by atoms with Crippen LogP contribution in [0.2, 0.25) is 0 Å². The zero-order valence-corrected chi connectivity index (χ0v) is 13.2. The van der Waals surface area contributed by atoms with Crippen LogP contribution in [0.4, 0.5) is 0 Å². The molecule has 0 spiro atoms. The third-order valence-electron chi connectivity index (χ3n) is 4.50. The van der Waals surface area contributed by atoms with Crippen molar-refractivity contribution in [2.24, 2.45) is 0 Å². The Kier molecular flexibility index (Phi) is 3.76. The third kappa shape index (κ3) is 2.65. The Bertz CT molecular complexity index is 879. The van der Waals surface area contributed by atoms with Gasteiger partial charge >= 0.3 is 0 Å². The molecule has 0 bridgehead atoms. The van der Waals surface area contributed by atoms with Crippen LogP contribution < -0.4 is 0 Å². The first-order valence-electron chi connectivity index (χ1n) is 8.14. The SMILES string of the molecule is N#CN1CCCC1c1cc(-c2cccc(-c3ccccc3)c2)no1. The molecule has 118 valence electrons. The van der Waals surface area contributed by atoms with Gasteiger partial charge in [-0.2, -0.15) is 5.26 Å². The van der Waals surface area contributed by atoms with Crippen LogP contribution in [0.5, 0.6) is 0 Å². The second-order valence-electron chi connectivity index (χ2n) is 6.01. The van der Waals surface area contributed by atoms with Crippen molar-refractivity contribution < 1.29 is 4.52 Å². The lowest BCUT2D eigenvalue weighted by Crippen LogP contribution is -2.16. The van der Waals surface area contributed by atoms with E-state index in [1.807, 2.05) is 36.4 Å². The molecule has 24 heavy (non-hydrogen) atoms. The smallest absolute Gasteiger partial charge is 0.180 e. The molecule has 1 atom stereocenters. The minimum atomic E-state index is 0.0218. The molecule has 1 unspecified atom stereocenters. The highest BCUT2D eigenvalue weighted by Gasteiger charge is 2.28. The lowest BCUT2D eigenvalue weighted by Gasteiger charge is -2.14. The van der Waals surface area contributed by atoms with E-state index < -0.39 is 0 Å². The highest BCUT2D eigenvalue weighted by molar-refractivity contribution is 5.71. The van der Waals surface area contributed by atoms with Crippen LogP contribution >= 0.6 is 0 Å². The molecule has 2 heterocycles. The van der Waals surface area contributed by atoms with Crippen LogP contribution in [0.15, 0.2) is 65.2 Å². The highest BCUT2D eigenvalue weighted by Crippen LogP contribution is 2.34. The fourth-order valence-corrected chi connectivity index (χ4v) is 3.25. The van der Waals surface area contributed by atoms with Crippen molar-refractivity contribution in [2.75, 3.05) is 6.54 Å². The van der Waals surface area contributed by atoms with Crippen LogP contribution in [0.1, 0.15) is 24.6 Å². The average Bonchev–Trinajstić information content (AvgIpc) is 3.31. The van der Waals surface area contributed by atoms with Gasteiger partial charge in [0.25, 0.3) is 0 Å². The summed E-state index contributed by atoms with van der Waals surface area (Å²) in [6, 6.07) is 20.5.